The highest BCUT2D eigenvalue weighted by Crippen LogP contribution is 2.64. The molecule has 2 saturated heterocycles. The van der Waals surface area contributed by atoms with Crippen molar-refractivity contribution in [1.82, 2.24) is 0 Å². The molecule has 4 aliphatic rings. The predicted octanol–water partition coefficient (Wildman–Crippen LogP) is 8.46. The Morgan fingerprint density at radius 1 is 0.800 bits per heavy atom. The van der Waals surface area contributed by atoms with Gasteiger partial charge < -0.3 is 14.6 Å². The third kappa shape index (κ3) is 5.73. The summed E-state index contributed by atoms with van der Waals surface area (Å²) in [6.45, 7) is 1.72. The van der Waals surface area contributed by atoms with E-state index in [4.69, 9.17) is 32.7 Å². The molecule has 55 heavy (non-hydrogen) atoms. The van der Waals surface area contributed by atoms with Crippen molar-refractivity contribution < 1.29 is 38.1 Å². The van der Waals surface area contributed by atoms with Crippen LogP contribution in [0.2, 0.25) is 10.0 Å². The fraction of sp³-hybridized carbons (Fsp3) is 0.256. The van der Waals surface area contributed by atoms with Crippen LogP contribution in [0.1, 0.15) is 42.4 Å². The summed E-state index contributed by atoms with van der Waals surface area (Å²) in [5.41, 5.74) is 2.05. The van der Waals surface area contributed by atoms with Crippen LogP contribution < -0.4 is 19.3 Å². The number of ether oxygens (including phenoxy) is 2. The second-order valence-corrected chi connectivity index (χ2v) is 15.3. The van der Waals surface area contributed by atoms with Crippen LogP contribution in [-0.2, 0) is 19.2 Å². The number of phenols is 1. The summed E-state index contributed by atoms with van der Waals surface area (Å²) < 4.78 is 25.0. The molecule has 4 aromatic rings. The van der Waals surface area contributed by atoms with Crippen LogP contribution in [0, 0.1) is 34.9 Å². The number of nitrogens with zero attached hydrogens (tertiary/aromatic N) is 2. The Bertz CT molecular complexity index is 2360. The number of hydrogen-bond donors (Lipinski definition) is 1. The van der Waals surface area contributed by atoms with Crippen molar-refractivity contribution >= 4 is 70.4 Å². The molecule has 0 spiro atoms. The third-order valence-electron chi connectivity index (χ3n) is 11.8. The average Bonchev–Trinajstić information content (AvgIpc) is 3.54. The number of anilines is 2. The molecule has 12 heteroatoms. The van der Waals surface area contributed by atoms with Crippen LogP contribution >= 0.6 is 23.2 Å². The Labute approximate surface area is 326 Å². The first-order chi connectivity index (χ1) is 26.4. The largest absolute Gasteiger partial charge is 0.508 e. The molecule has 9 nitrogen and oxygen atoms in total. The van der Waals surface area contributed by atoms with Crippen molar-refractivity contribution in [2.45, 2.75) is 25.7 Å². The number of carbonyl (C=O) groups excluding carboxylic acids is 4. The van der Waals surface area contributed by atoms with Gasteiger partial charge in [-0.15, -0.1) is 0 Å². The molecule has 2 aliphatic heterocycles. The van der Waals surface area contributed by atoms with Crippen LogP contribution in [0.3, 0.4) is 0 Å². The monoisotopic (exact) mass is 780 g/mol. The zero-order valence-electron chi connectivity index (χ0n) is 30.0. The zero-order valence-corrected chi connectivity index (χ0v) is 31.5. The molecule has 1 saturated carbocycles. The minimum Gasteiger partial charge on any atom is -0.508 e. The number of methoxy groups -OCH3 is 2. The lowest BCUT2D eigenvalue weighted by molar-refractivity contribution is -0.131. The maximum absolute atomic E-state index is 14.6. The van der Waals surface area contributed by atoms with Crippen LogP contribution in [0.4, 0.5) is 15.8 Å². The quantitative estimate of drug-likeness (QED) is 0.114. The first-order valence-electron chi connectivity index (χ1n) is 17.8. The van der Waals surface area contributed by atoms with Crippen molar-refractivity contribution in [2.24, 2.45) is 29.1 Å². The predicted molar refractivity (Wildman–Crippen MR) is 207 cm³/mol. The number of allylic oxidation sites excluding steroid dienone is 2. The average molecular weight is 782 g/mol. The van der Waals surface area contributed by atoms with E-state index in [1.807, 2.05) is 48.6 Å². The summed E-state index contributed by atoms with van der Waals surface area (Å²) in [5, 5.41) is 10.2. The first-order valence-corrected chi connectivity index (χ1v) is 18.5. The van der Waals surface area contributed by atoms with Gasteiger partial charge in [0.15, 0.2) is 0 Å². The van der Waals surface area contributed by atoms with E-state index in [2.05, 4.69) is 0 Å². The molecule has 8 rings (SSSR count). The van der Waals surface area contributed by atoms with Crippen molar-refractivity contribution in [1.29, 1.82) is 0 Å². The molecule has 280 valence electrons. The van der Waals surface area contributed by atoms with Gasteiger partial charge in [-0.05, 0) is 97.5 Å². The van der Waals surface area contributed by atoms with Gasteiger partial charge in [-0.1, -0.05) is 65.2 Å². The highest BCUT2D eigenvalue weighted by atomic mass is 35.5. The van der Waals surface area contributed by atoms with Gasteiger partial charge in [-0.2, -0.15) is 0 Å². The van der Waals surface area contributed by atoms with E-state index in [-0.39, 0.29) is 46.1 Å². The van der Waals surface area contributed by atoms with E-state index in [1.165, 1.54) is 29.2 Å². The number of fused-ring (bicyclic) bond motifs is 4. The molecule has 2 heterocycles. The molecular weight excluding hydrogens is 746 g/mol. The van der Waals surface area contributed by atoms with Gasteiger partial charge in [-0.25, -0.2) is 9.29 Å². The summed E-state index contributed by atoms with van der Waals surface area (Å²) in [7, 11) is 3.18. The highest BCUT2D eigenvalue weighted by molar-refractivity contribution is 6.32. The minimum atomic E-state index is -1.38. The summed E-state index contributed by atoms with van der Waals surface area (Å²) in [5.74, 6) is -4.94. The Kier molecular flexibility index (Phi) is 9.09. The third-order valence-corrected chi connectivity index (χ3v) is 12.4. The van der Waals surface area contributed by atoms with E-state index >= 15 is 0 Å². The van der Waals surface area contributed by atoms with Crippen molar-refractivity contribution in [2.75, 3.05) is 24.0 Å². The first kappa shape index (κ1) is 36.5. The topological polar surface area (TPSA) is 113 Å². The van der Waals surface area contributed by atoms with E-state index in [9.17, 15) is 28.7 Å². The molecule has 0 bridgehead atoms. The second-order valence-electron chi connectivity index (χ2n) is 14.5. The molecule has 6 atom stereocenters. The lowest BCUT2D eigenvalue weighted by Gasteiger charge is -2.49. The fourth-order valence-electron chi connectivity index (χ4n) is 9.12. The number of imide groups is 2. The molecule has 2 aliphatic carbocycles. The van der Waals surface area contributed by atoms with E-state index in [1.54, 1.807) is 39.3 Å². The summed E-state index contributed by atoms with van der Waals surface area (Å²) in [4.78, 5) is 59.9. The summed E-state index contributed by atoms with van der Waals surface area (Å²) in [6, 6.07) is 20.7. The van der Waals surface area contributed by atoms with Gasteiger partial charge in [0.1, 0.15) is 23.1 Å². The number of amides is 4. The Morgan fingerprint density at radius 2 is 1.55 bits per heavy atom. The van der Waals surface area contributed by atoms with Gasteiger partial charge in [0.05, 0.1) is 53.8 Å². The number of carbonyl (C=O) groups is 4. The maximum atomic E-state index is 14.6. The Balaban J connectivity index is 1.14. The van der Waals surface area contributed by atoms with Gasteiger partial charge in [0.2, 0.25) is 23.6 Å². The smallest absolute Gasteiger partial charge is 0.241 e. The maximum Gasteiger partial charge on any atom is 0.241 e. The van der Waals surface area contributed by atoms with Crippen molar-refractivity contribution in [3.8, 4) is 17.2 Å². The molecule has 4 aromatic carbocycles. The SMILES string of the molecule is COc1ccc(OC)c(C=Cc2ccc(N3C(=O)C4CC=C5C(CC6C(=O)N(c7ccc(F)c(Cl)c7)C(=O)C6(C)C5c5ccc(O)cc5Cl)C4C3=O)cc2)c1. The molecule has 3 fully saturated rings. The number of hydrogen-bond acceptors (Lipinski definition) is 7. The standard InChI is InChI=1S/C43H35Cl2FN2O7/c1-43-32(40(51)48(42(43)53)25-10-16-35(46)34(45)19-25)21-31-28(38(43)29-13-11-26(49)20-33(29)44)14-15-30-37(31)41(52)47(39(30)50)24-8-5-22(6-9-24)4-7-23-18-27(54-2)12-17-36(23)55-3/h4-14,16-20,30-32,37-38,49H,15,21H2,1-3H3. The van der Waals surface area contributed by atoms with Crippen molar-refractivity contribution in [3.63, 3.8) is 0 Å². The zero-order chi connectivity index (χ0) is 38.9. The molecule has 1 N–H and O–H groups in total. The number of halogens is 3. The summed E-state index contributed by atoms with van der Waals surface area (Å²) >= 11 is 12.9. The number of rotatable bonds is 7. The van der Waals surface area contributed by atoms with Crippen molar-refractivity contribution in [3.05, 3.63) is 123 Å². The van der Waals surface area contributed by atoms with Gasteiger partial charge >= 0.3 is 0 Å². The molecule has 4 amide bonds. The van der Waals surface area contributed by atoms with Gasteiger partial charge in [0, 0.05) is 16.5 Å². The number of aromatic hydroxyl groups is 1. The lowest BCUT2D eigenvalue weighted by atomic mass is 9.51. The Hall–Kier alpha value is -5.45. The lowest BCUT2D eigenvalue weighted by Crippen LogP contribution is -2.49. The molecule has 0 aromatic heterocycles. The van der Waals surface area contributed by atoms with Crippen LogP contribution in [0.5, 0.6) is 17.2 Å². The molecule has 0 radical (unpaired) electrons. The highest BCUT2D eigenvalue weighted by Gasteiger charge is 2.68. The Morgan fingerprint density at radius 3 is 2.24 bits per heavy atom. The van der Waals surface area contributed by atoms with E-state index in [0.717, 1.165) is 27.7 Å². The number of phenolic OH excluding ortho intramolecular Hbond substituents is 1. The summed E-state index contributed by atoms with van der Waals surface area (Å²) in [6.07, 6.45) is 6.06. The van der Waals surface area contributed by atoms with Gasteiger partial charge in [-0.3, -0.25) is 24.1 Å². The van der Waals surface area contributed by atoms with Crippen LogP contribution in [0.15, 0.2) is 90.5 Å². The van der Waals surface area contributed by atoms with E-state index < -0.39 is 52.6 Å². The fourth-order valence-corrected chi connectivity index (χ4v) is 9.58. The number of benzene rings is 4. The minimum absolute atomic E-state index is 0.0781. The van der Waals surface area contributed by atoms with E-state index in [0.29, 0.717) is 22.7 Å². The van der Waals surface area contributed by atoms with Crippen LogP contribution in [0.25, 0.3) is 12.2 Å². The second kappa shape index (κ2) is 13.7. The normalized spacial score (nSPS) is 25.9. The molecule has 6 unspecified atom stereocenters. The van der Waals surface area contributed by atoms with Crippen LogP contribution in [-0.4, -0.2) is 43.0 Å². The molecular formula is C43H35Cl2FN2O7. The van der Waals surface area contributed by atoms with Gasteiger partial charge in [0.25, 0.3) is 0 Å².